The summed E-state index contributed by atoms with van der Waals surface area (Å²) >= 11 is 0. The second-order valence-corrected chi connectivity index (χ2v) is 4.68. The third kappa shape index (κ3) is 4.03. The van der Waals surface area contributed by atoms with Crippen LogP contribution in [-0.4, -0.2) is 37.4 Å². The number of hydrogen-bond acceptors (Lipinski definition) is 7. The first-order valence-electron chi connectivity index (χ1n) is 7.25. The Morgan fingerprint density at radius 2 is 1.96 bits per heavy atom. The second-order valence-electron chi connectivity index (χ2n) is 4.68. The van der Waals surface area contributed by atoms with E-state index in [0.717, 1.165) is 0 Å². The van der Waals surface area contributed by atoms with E-state index >= 15 is 0 Å². The molecule has 1 heterocycles. The van der Waals surface area contributed by atoms with Crippen molar-refractivity contribution >= 4 is 17.8 Å². The van der Waals surface area contributed by atoms with E-state index in [-0.39, 0.29) is 24.7 Å². The summed E-state index contributed by atoms with van der Waals surface area (Å²) in [5, 5.41) is 6.11. The maximum atomic E-state index is 12.0. The highest BCUT2D eigenvalue weighted by Gasteiger charge is 2.23. The Bertz CT molecular complexity index is 725. The van der Waals surface area contributed by atoms with Crippen LogP contribution in [0.25, 0.3) is 0 Å². The van der Waals surface area contributed by atoms with Gasteiger partial charge in [-0.1, -0.05) is 17.3 Å². The summed E-state index contributed by atoms with van der Waals surface area (Å²) in [5.41, 5.74) is 0.414. The van der Waals surface area contributed by atoms with Crippen molar-refractivity contribution in [2.45, 2.75) is 13.8 Å². The summed E-state index contributed by atoms with van der Waals surface area (Å²) in [6, 6.07) is 6.93. The van der Waals surface area contributed by atoms with Gasteiger partial charge in [0.05, 0.1) is 19.4 Å². The van der Waals surface area contributed by atoms with Gasteiger partial charge in [0.15, 0.2) is 18.1 Å². The smallest absolute Gasteiger partial charge is 0.345 e. The average Bonchev–Trinajstić information content (AvgIpc) is 2.93. The second kappa shape index (κ2) is 8.00. The number of anilines is 1. The summed E-state index contributed by atoms with van der Waals surface area (Å²) in [7, 11) is 1.51. The van der Waals surface area contributed by atoms with E-state index < -0.39 is 11.9 Å². The number of nitrogens with one attached hydrogen (secondary N) is 1. The topological polar surface area (TPSA) is 99.9 Å². The molecule has 0 radical (unpaired) electrons. The van der Waals surface area contributed by atoms with Gasteiger partial charge < -0.3 is 18.7 Å². The van der Waals surface area contributed by atoms with Gasteiger partial charge in [-0.05, 0) is 26.0 Å². The fraction of sp³-hybridized carbons (Fsp3) is 0.312. The number of aryl methyl sites for hydroxylation is 1. The van der Waals surface area contributed by atoms with Crippen LogP contribution in [0.5, 0.6) is 11.5 Å². The van der Waals surface area contributed by atoms with Crippen molar-refractivity contribution in [1.82, 2.24) is 5.16 Å². The number of aromatic nitrogens is 1. The number of esters is 1. The van der Waals surface area contributed by atoms with Crippen molar-refractivity contribution in [2.24, 2.45) is 0 Å². The SMILES string of the molecule is CCOC(=O)c1c(C)noc1NC(=O)COc1ccccc1OC. The van der Waals surface area contributed by atoms with E-state index in [2.05, 4.69) is 10.5 Å². The number of benzene rings is 1. The van der Waals surface area contributed by atoms with Gasteiger partial charge in [-0.25, -0.2) is 4.79 Å². The molecule has 0 saturated carbocycles. The van der Waals surface area contributed by atoms with Crippen LogP contribution in [-0.2, 0) is 9.53 Å². The van der Waals surface area contributed by atoms with E-state index in [1.54, 1.807) is 38.1 Å². The third-order valence-electron chi connectivity index (χ3n) is 3.02. The normalized spacial score (nSPS) is 10.1. The first-order chi connectivity index (χ1) is 11.6. The van der Waals surface area contributed by atoms with Crippen LogP contribution >= 0.6 is 0 Å². The van der Waals surface area contributed by atoms with E-state index in [1.165, 1.54) is 7.11 Å². The number of para-hydroxylation sites is 2. The standard InChI is InChI=1S/C16H18N2O6/c1-4-22-16(20)14-10(2)18-24-15(14)17-13(19)9-23-12-8-6-5-7-11(12)21-3/h5-8H,4,9H2,1-3H3,(H,17,19). The lowest BCUT2D eigenvalue weighted by atomic mass is 10.2. The minimum absolute atomic E-state index is 0.0698. The lowest BCUT2D eigenvalue weighted by Crippen LogP contribution is -2.21. The molecule has 1 N–H and O–H groups in total. The van der Waals surface area contributed by atoms with Gasteiger partial charge >= 0.3 is 5.97 Å². The highest BCUT2D eigenvalue weighted by molar-refractivity contribution is 6.00. The third-order valence-corrected chi connectivity index (χ3v) is 3.02. The van der Waals surface area contributed by atoms with Gasteiger partial charge in [-0.3, -0.25) is 10.1 Å². The monoisotopic (exact) mass is 334 g/mol. The summed E-state index contributed by atoms with van der Waals surface area (Å²) in [6.45, 7) is 3.17. The van der Waals surface area contributed by atoms with Crippen LogP contribution in [0.3, 0.4) is 0 Å². The van der Waals surface area contributed by atoms with Gasteiger partial charge in [-0.15, -0.1) is 0 Å². The van der Waals surface area contributed by atoms with E-state index in [4.69, 9.17) is 18.7 Å². The number of amides is 1. The van der Waals surface area contributed by atoms with Crippen LogP contribution in [0, 0.1) is 6.92 Å². The van der Waals surface area contributed by atoms with Crippen LogP contribution in [0.2, 0.25) is 0 Å². The molecule has 0 atom stereocenters. The molecule has 128 valence electrons. The van der Waals surface area contributed by atoms with Crippen LogP contribution < -0.4 is 14.8 Å². The fourth-order valence-electron chi connectivity index (χ4n) is 1.94. The highest BCUT2D eigenvalue weighted by Crippen LogP contribution is 2.26. The molecule has 0 fully saturated rings. The number of nitrogens with zero attached hydrogens (tertiary/aromatic N) is 1. The van der Waals surface area contributed by atoms with Crippen molar-refractivity contribution in [2.75, 3.05) is 25.6 Å². The molecular formula is C16H18N2O6. The molecule has 8 nitrogen and oxygen atoms in total. The Kier molecular flexibility index (Phi) is 5.78. The molecular weight excluding hydrogens is 316 g/mol. The van der Waals surface area contributed by atoms with Crippen LogP contribution in [0.1, 0.15) is 23.0 Å². The van der Waals surface area contributed by atoms with E-state index in [0.29, 0.717) is 17.2 Å². The summed E-state index contributed by atoms with van der Waals surface area (Å²) in [5.74, 6) is -0.262. The summed E-state index contributed by atoms with van der Waals surface area (Å²) in [4.78, 5) is 23.9. The Balaban J connectivity index is 2.02. The molecule has 2 aromatic rings. The first-order valence-corrected chi connectivity index (χ1v) is 7.25. The first kappa shape index (κ1) is 17.3. The van der Waals surface area contributed by atoms with E-state index in [1.807, 2.05) is 0 Å². The van der Waals surface area contributed by atoms with Gasteiger partial charge in [0.25, 0.3) is 5.91 Å². The molecule has 0 saturated heterocycles. The molecule has 1 aromatic heterocycles. The predicted molar refractivity (Wildman–Crippen MR) is 84.3 cm³/mol. The maximum Gasteiger partial charge on any atom is 0.345 e. The van der Waals surface area contributed by atoms with Crippen molar-refractivity contribution in [3.05, 3.63) is 35.5 Å². The largest absolute Gasteiger partial charge is 0.493 e. The molecule has 8 heteroatoms. The zero-order chi connectivity index (χ0) is 17.5. The highest BCUT2D eigenvalue weighted by atomic mass is 16.5. The Hall–Kier alpha value is -3.03. The number of methoxy groups -OCH3 is 1. The Labute approximate surface area is 138 Å². The molecule has 0 bridgehead atoms. The Morgan fingerprint density at radius 3 is 2.62 bits per heavy atom. The minimum Gasteiger partial charge on any atom is -0.493 e. The molecule has 1 aromatic carbocycles. The zero-order valence-electron chi connectivity index (χ0n) is 13.6. The van der Waals surface area contributed by atoms with Gasteiger partial charge in [0.1, 0.15) is 5.56 Å². The summed E-state index contributed by atoms with van der Waals surface area (Å²) in [6.07, 6.45) is 0. The quantitative estimate of drug-likeness (QED) is 0.775. The molecule has 24 heavy (non-hydrogen) atoms. The number of rotatable bonds is 7. The number of ether oxygens (including phenoxy) is 3. The van der Waals surface area contributed by atoms with Crippen LogP contribution in [0.15, 0.2) is 28.8 Å². The van der Waals surface area contributed by atoms with Gasteiger partial charge in [0.2, 0.25) is 5.88 Å². The van der Waals surface area contributed by atoms with Crippen molar-refractivity contribution in [1.29, 1.82) is 0 Å². The van der Waals surface area contributed by atoms with Crippen molar-refractivity contribution in [3.8, 4) is 11.5 Å². The van der Waals surface area contributed by atoms with Crippen molar-refractivity contribution in [3.63, 3.8) is 0 Å². The Morgan fingerprint density at radius 1 is 1.25 bits per heavy atom. The maximum absolute atomic E-state index is 12.0. The molecule has 1 amide bonds. The fourth-order valence-corrected chi connectivity index (χ4v) is 1.94. The average molecular weight is 334 g/mol. The lowest BCUT2D eigenvalue weighted by Gasteiger charge is -2.10. The number of carbonyl (C=O) groups excluding carboxylic acids is 2. The number of hydrogen-bond donors (Lipinski definition) is 1. The molecule has 0 aliphatic carbocycles. The minimum atomic E-state index is -0.614. The van der Waals surface area contributed by atoms with Crippen LogP contribution in [0.4, 0.5) is 5.88 Å². The zero-order valence-corrected chi connectivity index (χ0v) is 13.6. The summed E-state index contributed by atoms with van der Waals surface area (Å²) < 4.78 is 20.4. The van der Waals surface area contributed by atoms with E-state index in [9.17, 15) is 9.59 Å². The lowest BCUT2D eigenvalue weighted by molar-refractivity contribution is -0.118. The van der Waals surface area contributed by atoms with Crippen molar-refractivity contribution < 1.29 is 28.3 Å². The predicted octanol–water partition coefficient (Wildman–Crippen LogP) is 2.19. The number of carbonyl (C=O) groups is 2. The molecule has 0 unspecified atom stereocenters. The molecule has 2 rings (SSSR count). The van der Waals surface area contributed by atoms with Gasteiger partial charge in [0, 0.05) is 0 Å². The molecule has 0 aliphatic rings. The molecule has 0 aliphatic heterocycles. The molecule has 0 spiro atoms. The van der Waals surface area contributed by atoms with Gasteiger partial charge in [-0.2, -0.15) is 0 Å².